The molecule has 4 heteroatoms. The van der Waals surface area contributed by atoms with Crippen molar-refractivity contribution in [3.05, 3.63) is 18.2 Å². The van der Waals surface area contributed by atoms with Gasteiger partial charge in [-0.05, 0) is 18.6 Å². The minimum absolute atomic E-state index is 0.0919. The average Bonchev–Trinajstić information content (AvgIpc) is 2.41. The number of nitrogens with zero attached hydrogens (tertiary/aromatic N) is 1. The van der Waals surface area contributed by atoms with E-state index in [4.69, 9.17) is 9.47 Å². The molecule has 1 aliphatic heterocycles. The molecule has 0 saturated carbocycles. The lowest BCUT2D eigenvalue weighted by atomic mass is 9.81. The zero-order valence-electron chi connectivity index (χ0n) is 12.1. The normalized spacial score (nSPS) is 22.2. The summed E-state index contributed by atoms with van der Waals surface area (Å²) >= 11 is 0. The van der Waals surface area contributed by atoms with Gasteiger partial charge in [0.1, 0.15) is 0 Å². The van der Waals surface area contributed by atoms with Crippen LogP contribution in [0.4, 0.5) is 5.69 Å². The number of hydrogen-bond acceptors (Lipinski definition) is 4. The lowest BCUT2D eigenvalue weighted by molar-refractivity contribution is 0.0336. The Labute approximate surface area is 114 Å². The Balaban J connectivity index is 2.23. The zero-order valence-corrected chi connectivity index (χ0v) is 12.1. The SMILES string of the molecule is COc1ccc(N2CCC(O)C(C)(C)C2)cc1OC. The fourth-order valence-electron chi connectivity index (χ4n) is 2.59. The van der Waals surface area contributed by atoms with E-state index in [1.54, 1.807) is 14.2 Å². The summed E-state index contributed by atoms with van der Waals surface area (Å²) in [7, 11) is 3.28. The second-order valence-corrected chi connectivity index (χ2v) is 5.75. The molecule has 1 N–H and O–H groups in total. The van der Waals surface area contributed by atoms with Crippen LogP contribution in [-0.4, -0.2) is 38.5 Å². The molecule has 1 aromatic rings. The third-order valence-corrected chi connectivity index (χ3v) is 3.91. The van der Waals surface area contributed by atoms with E-state index in [1.807, 2.05) is 18.2 Å². The van der Waals surface area contributed by atoms with Crippen LogP contribution in [0.15, 0.2) is 18.2 Å². The Kier molecular flexibility index (Phi) is 3.90. The first-order valence-electron chi connectivity index (χ1n) is 6.63. The van der Waals surface area contributed by atoms with E-state index >= 15 is 0 Å². The topological polar surface area (TPSA) is 41.9 Å². The lowest BCUT2D eigenvalue weighted by Crippen LogP contribution is -2.48. The van der Waals surface area contributed by atoms with Gasteiger partial charge < -0.3 is 19.5 Å². The van der Waals surface area contributed by atoms with Gasteiger partial charge in [-0.2, -0.15) is 0 Å². The number of ether oxygens (including phenoxy) is 2. The Bertz CT molecular complexity index is 445. The first-order valence-corrected chi connectivity index (χ1v) is 6.63. The standard InChI is InChI=1S/C15H23NO3/c1-15(2)10-16(8-7-14(15)17)11-5-6-12(18-3)13(9-11)19-4/h5-6,9,14,17H,7-8,10H2,1-4H3. The Morgan fingerprint density at radius 1 is 1.21 bits per heavy atom. The van der Waals surface area contributed by atoms with Gasteiger partial charge in [0.15, 0.2) is 11.5 Å². The molecule has 0 amide bonds. The largest absolute Gasteiger partial charge is 0.493 e. The average molecular weight is 265 g/mol. The van der Waals surface area contributed by atoms with Gasteiger partial charge >= 0.3 is 0 Å². The summed E-state index contributed by atoms with van der Waals surface area (Å²) in [5, 5.41) is 10.0. The summed E-state index contributed by atoms with van der Waals surface area (Å²) in [4.78, 5) is 2.29. The highest BCUT2D eigenvalue weighted by Gasteiger charge is 2.34. The van der Waals surface area contributed by atoms with Gasteiger partial charge in [0.05, 0.1) is 20.3 Å². The van der Waals surface area contributed by atoms with Crippen molar-refractivity contribution in [2.24, 2.45) is 5.41 Å². The maximum absolute atomic E-state index is 10.0. The van der Waals surface area contributed by atoms with Gasteiger partial charge in [0, 0.05) is 30.3 Å². The van der Waals surface area contributed by atoms with E-state index < -0.39 is 0 Å². The van der Waals surface area contributed by atoms with Crippen LogP contribution in [0.1, 0.15) is 20.3 Å². The van der Waals surface area contributed by atoms with E-state index in [0.29, 0.717) is 0 Å². The summed E-state index contributed by atoms with van der Waals surface area (Å²) in [5.41, 5.74) is 1.02. The maximum Gasteiger partial charge on any atom is 0.162 e. The van der Waals surface area contributed by atoms with Crippen molar-refractivity contribution in [3.63, 3.8) is 0 Å². The van der Waals surface area contributed by atoms with Gasteiger partial charge in [0.2, 0.25) is 0 Å². The number of rotatable bonds is 3. The van der Waals surface area contributed by atoms with Gasteiger partial charge in [-0.1, -0.05) is 13.8 Å². The number of methoxy groups -OCH3 is 2. The number of benzene rings is 1. The predicted molar refractivity (Wildman–Crippen MR) is 76.2 cm³/mol. The van der Waals surface area contributed by atoms with Crippen LogP contribution in [-0.2, 0) is 0 Å². The molecule has 1 fully saturated rings. The molecule has 106 valence electrons. The van der Waals surface area contributed by atoms with Crippen molar-refractivity contribution < 1.29 is 14.6 Å². The van der Waals surface area contributed by atoms with Gasteiger partial charge in [0.25, 0.3) is 0 Å². The molecular weight excluding hydrogens is 242 g/mol. The Hall–Kier alpha value is -1.42. The third kappa shape index (κ3) is 2.78. The molecule has 1 atom stereocenters. The Morgan fingerprint density at radius 3 is 2.47 bits per heavy atom. The van der Waals surface area contributed by atoms with Gasteiger partial charge in [-0.3, -0.25) is 0 Å². The molecule has 0 aliphatic carbocycles. The fraction of sp³-hybridized carbons (Fsp3) is 0.600. The first-order chi connectivity index (χ1) is 8.97. The second kappa shape index (κ2) is 5.29. The van der Waals surface area contributed by atoms with E-state index in [1.165, 1.54) is 0 Å². The molecule has 0 aromatic heterocycles. The molecule has 1 aromatic carbocycles. The quantitative estimate of drug-likeness (QED) is 0.910. The molecule has 1 unspecified atom stereocenters. The van der Waals surface area contributed by atoms with Crippen molar-refractivity contribution >= 4 is 5.69 Å². The van der Waals surface area contributed by atoms with Gasteiger partial charge in [-0.25, -0.2) is 0 Å². The highest BCUT2D eigenvalue weighted by Crippen LogP contribution is 2.36. The van der Waals surface area contributed by atoms with Gasteiger partial charge in [-0.15, -0.1) is 0 Å². The summed E-state index contributed by atoms with van der Waals surface area (Å²) in [6.45, 7) is 5.90. The highest BCUT2D eigenvalue weighted by molar-refractivity contribution is 5.56. The molecule has 4 nitrogen and oxygen atoms in total. The zero-order chi connectivity index (χ0) is 14.0. The fourth-order valence-corrected chi connectivity index (χ4v) is 2.59. The van der Waals surface area contributed by atoms with Crippen LogP contribution in [0, 0.1) is 5.41 Å². The van der Waals surface area contributed by atoms with E-state index in [0.717, 1.165) is 36.7 Å². The van der Waals surface area contributed by atoms with E-state index in [2.05, 4.69) is 18.7 Å². The molecule has 2 rings (SSSR count). The summed E-state index contributed by atoms with van der Waals surface area (Å²) < 4.78 is 10.6. The van der Waals surface area contributed by atoms with Crippen LogP contribution >= 0.6 is 0 Å². The minimum Gasteiger partial charge on any atom is -0.493 e. The number of aliphatic hydroxyl groups excluding tert-OH is 1. The van der Waals surface area contributed by atoms with Crippen LogP contribution in [0.25, 0.3) is 0 Å². The molecular formula is C15H23NO3. The molecule has 0 bridgehead atoms. The maximum atomic E-state index is 10.0. The first kappa shape index (κ1) is 14.0. The summed E-state index contributed by atoms with van der Waals surface area (Å²) in [6, 6.07) is 5.95. The monoisotopic (exact) mass is 265 g/mol. The minimum atomic E-state index is -0.233. The highest BCUT2D eigenvalue weighted by atomic mass is 16.5. The molecule has 1 saturated heterocycles. The molecule has 19 heavy (non-hydrogen) atoms. The second-order valence-electron chi connectivity index (χ2n) is 5.75. The van der Waals surface area contributed by atoms with Crippen LogP contribution in [0.3, 0.4) is 0 Å². The molecule has 0 radical (unpaired) electrons. The Morgan fingerprint density at radius 2 is 1.89 bits per heavy atom. The van der Waals surface area contributed by atoms with Crippen molar-refractivity contribution in [2.45, 2.75) is 26.4 Å². The van der Waals surface area contributed by atoms with Crippen molar-refractivity contribution in [3.8, 4) is 11.5 Å². The number of hydrogen-bond donors (Lipinski definition) is 1. The van der Waals surface area contributed by atoms with Crippen LogP contribution < -0.4 is 14.4 Å². The molecule has 0 spiro atoms. The third-order valence-electron chi connectivity index (χ3n) is 3.91. The van der Waals surface area contributed by atoms with E-state index in [9.17, 15) is 5.11 Å². The molecule has 1 heterocycles. The summed E-state index contributed by atoms with van der Waals surface area (Å²) in [5.74, 6) is 1.48. The smallest absolute Gasteiger partial charge is 0.162 e. The lowest BCUT2D eigenvalue weighted by Gasteiger charge is -2.43. The van der Waals surface area contributed by atoms with Crippen molar-refractivity contribution in [1.29, 1.82) is 0 Å². The number of aliphatic hydroxyl groups is 1. The van der Waals surface area contributed by atoms with Crippen LogP contribution in [0.2, 0.25) is 0 Å². The van der Waals surface area contributed by atoms with Crippen molar-refractivity contribution in [2.75, 3.05) is 32.2 Å². The number of anilines is 1. The van der Waals surface area contributed by atoms with Crippen LogP contribution in [0.5, 0.6) is 11.5 Å². The number of piperidine rings is 1. The predicted octanol–water partition coefficient (Wildman–Crippen LogP) is 2.30. The van der Waals surface area contributed by atoms with E-state index in [-0.39, 0.29) is 11.5 Å². The van der Waals surface area contributed by atoms with Crippen molar-refractivity contribution in [1.82, 2.24) is 0 Å². The molecule has 1 aliphatic rings. The summed E-state index contributed by atoms with van der Waals surface area (Å²) in [6.07, 6.45) is 0.560.